The molecule has 2 rings (SSSR count). The van der Waals surface area contributed by atoms with E-state index in [0.717, 1.165) is 19.3 Å². The summed E-state index contributed by atoms with van der Waals surface area (Å²) in [5.74, 6) is 0.0217. The van der Waals surface area contributed by atoms with Gasteiger partial charge in [-0.15, -0.1) is 0 Å². The first-order valence-corrected chi connectivity index (χ1v) is 6.45. The molecule has 0 radical (unpaired) electrons. The van der Waals surface area contributed by atoms with E-state index in [9.17, 15) is 4.79 Å². The maximum atomic E-state index is 11.1. The SMILES string of the molecule is CCCc1nc(C2CCCCC2)oc1C(=O)O. The summed E-state index contributed by atoms with van der Waals surface area (Å²) in [7, 11) is 0. The van der Waals surface area contributed by atoms with Crippen LogP contribution in [0, 0.1) is 0 Å². The van der Waals surface area contributed by atoms with Crippen molar-refractivity contribution < 1.29 is 14.3 Å². The molecule has 0 atom stereocenters. The van der Waals surface area contributed by atoms with Crippen molar-refractivity contribution in [2.24, 2.45) is 0 Å². The number of carbonyl (C=O) groups is 1. The zero-order valence-electron chi connectivity index (χ0n) is 10.2. The third kappa shape index (κ3) is 2.68. The van der Waals surface area contributed by atoms with Crippen molar-refractivity contribution >= 4 is 5.97 Å². The molecule has 4 heteroatoms. The third-order valence-corrected chi connectivity index (χ3v) is 3.35. The van der Waals surface area contributed by atoms with Crippen molar-refractivity contribution in [1.82, 2.24) is 4.98 Å². The second kappa shape index (κ2) is 5.34. The molecule has 0 amide bonds. The van der Waals surface area contributed by atoms with Crippen LogP contribution in [-0.2, 0) is 6.42 Å². The van der Waals surface area contributed by atoms with E-state index >= 15 is 0 Å². The normalized spacial score (nSPS) is 17.2. The third-order valence-electron chi connectivity index (χ3n) is 3.35. The quantitative estimate of drug-likeness (QED) is 0.872. The van der Waals surface area contributed by atoms with Crippen LogP contribution in [0.4, 0.5) is 0 Å². The lowest BCUT2D eigenvalue weighted by molar-refractivity contribution is 0.0657. The summed E-state index contributed by atoms with van der Waals surface area (Å²) in [4.78, 5) is 15.5. The Bertz CT molecular complexity index is 391. The minimum absolute atomic E-state index is 0.0485. The Morgan fingerprint density at radius 3 is 2.71 bits per heavy atom. The van der Waals surface area contributed by atoms with Gasteiger partial charge in [-0.3, -0.25) is 0 Å². The molecule has 1 aliphatic carbocycles. The number of hydrogen-bond donors (Lipinski definition) is 1. The van der Waals surface area contributed by atoms with Gasteiger partial charge in [-0.1, -0.05) is 32.6 Å². The first-order valence-electron chi connectivity index (χ1n) is 6.45. The van der Waals surface area contributed by atoms with Gasteiger partial charge in [0.25, 0.3) is 0 Å². The summed E-state index contributed by atoms with van der Waals surface area (Å²) in [5.41, 5.74) is 0.612. The number of carboxylic acid groups (broad SMARTS) is 1. The van der Waals surface area contributed by atoms with E-state index in [1.807, 2.05) is 6.92 Å². The number of aromatic carboxylic acids is 1. The second-order valence-corrected chi connectivity index (χ2v) is 4.72. The summed E-state index contributed by atoms with van der Waals surface area (Å²) in [6.07, 6.45) is 7.37. The van der Waals surface area contributed by atoms with Crippen LogP contribution in [0.15, 0.2) is 4.42 Å². The molecule has 0 saturated heterocycles. The van der Waals surface area contributed by atoms with Crippen LogP contribution in [0.3, 0.4) is 0 Å². The van der Waals surface area contributed by atoms with E-state index in [1.165, 1.54) is 19.3 Å². The van der Waals surface area contributed by atoms with Crippen LogP contribution in [0.1, 0.15) is 73.5 Å². The summed E-state index contributed by atoms with van der Waals surface area (Å²) < 4.78 is 5.46. The Hall–Kier alpha value is -1.32. The first-order chi connectivity index (χ1) is 8.22. The Balaban J connectivity index is 2.22. The molecule has 0 bridgehead atoms. The predicted molar refractivity (Wildman–Crippen MR) is 63.3 cm³/mol. The Morgan fingerprint density at radius 1 is 1.41 bits per heavy atom. The zero-order chi connectivity index (χ0) is 12.3. The van der Waals surface area contributed by atoms with E-state index in [1.54, 1.807) is 0 Å². The van der Waals surface area contributed by atoms with Gasteiger partial charge < -0.3 is 9.52 Å². The second-order valence-electron chi connectivity index (χ2n) is 4.72. The van der Waals surface area contributed by atoms with Crippen LogP contribution in [0.2, 0.25) is 0 Å². The molecule has 1 fully saturated rings. The lowest BCUT2D eigenvalue weighted by atomic mass is 9.89. The highest BCUT2D eigenvalue weighted by atomic mass is 16.4. The molecule has 17 heavy (non-hydrogen) atoms. The molecule has 1 N–H and O–H groups in total. The Morgan fingerprint density at radius 2 is 2.12 bits per heavy atom. The van der Waals surface area contributed by atoms with E-state index in [0.29, 0.717) is 23.9 Å². The molecule has 1 aromatic rings. The molecule has 0 unspecified atom stereocenters. The van der Waals surface area contributed by atoms with Gasteiger partial charge in [0.15, 0.2) is 5.89 Å². The highest BCUT2D eigenvalue weighted by Crippen LogP contribution is 2.33. The molecular weight excluding hydrogens is 218 g/mol. The van der Waals surface area contributed by atoms with Gasteiger partial charge in [0.05, 0.1) is 5.69 Å². The number of aryl methyl sites for hydroxylation is 1. The van der Waals surface area contributed by atoms with Gasteiger partial charge in [0, 0.05) is 5.92 Å². The highest BCUT2D eigenvalue weighted by molar-refractivity contribution is 5.85. The van der Waals surface area contributed by atoms with Crippen LogP contribution in [0.25, 0.3) is 0 Å². The molecular formula is C13H19NO3. The zero-order valence-corrected chi connectivity index (χ0v) is 10.2. The number of aromatic nitrogens is 1. The van der Waals surface area contributed by atoms with Crippen molar-refractivity contribution in [2.45, 2.75) is 57.8 Å². The minimum atomic E-state index is -0.997. The van der Waals surface area contributed by atoms with Crippen molar-refractivity contribution in [3.8, 4) is 0 Å². The maximum absolute atomic E-state index is 11.1. The van der Waals surface area contributed by atoms with E-state index in [2.05, 4.69) is 4.98 Å². The average molecular weight is 237 g/mol. The monoisotopic (exact) mass is 237 g/mol. The molecule has 1 heterocycles. The van der Waals surface area contributed by atoms with Crippen LogP contribution in [-0.4, -0.2) is 16.1 Å². The topological polar surface area (TPSA) is 63.3 Å². The van der Waals surface area contributed by atoms with Gasteiger partial charge in [0.1, 0.15) is 0 Å². The molecule has 0 spiro atoms. The van der Waals surface area contributed by atoms with Crippen LogP contribution >= 0.6 is 0 Å². The Labute approximate surface area is 101 Å². The number of carboxylic acids is 1. The number of hydrogen-bond acceptors (Lipinski definition) is 3. The molecule has 1 aromatic heterocycles. The average Bonchev–Trinajstić information content (AvgIpc) is 2.75. The van der Waals surface area contributed by atoms with Crippen molar-refractivity contribution in [3.63, 3.8) is 0 Å². The van der Waals surface area contributed by atoms with Gasteiger partial charge in [-0.05, 0) is 19.3 Å². The van der Waals surface area contributed by atoms with Crippen LogP contribution < -0.4 is 0 Å². The molecule has 1 aliphatic rings. The summed E-state index contributed by atoms with van der Waals surface area (Å²) in [5, 5.41) is 9.07. The highest BCUT2D eigenvalue weighted by Gasteiger charge is 2.25. The summed E-state index contributed by atoms with van der Waals surface area (Å²) >= 11 is 0. The molecule has 0 aliphatic heterocycles. The van der Waals surface area contributed by atoms with Gasteiger partial charge in [0.2, 0.25) is 5.76 Å². The van der Waals surface area contributed by atoms with E-state index < -0.39 is 5.97 Å². The van der Waals surface area contributed by atoms with Gasteiger partial charge in [-0.2, -0.15) is 0 Å². The maximum Gasteiger partial charge on any atom is 0.373 e. The summed E-state index contributed by atoms with van der Waals surface area (Å²) in [6, 6.07) is 0. The smallest absolute Gasteiger partial charge is 0.373 e. The fourth-order valence-corrected chi connectivity index (χ4v) is 2.47. The number of oxazole rings is 1. The Kier molecular flexibility index (Phi) is 3.82. The minimum Gasteiger partial charge on any atom is -0.475 e. The van der Waals surface area contributed by atoms with Crippen LogP contribution in [0.5, 0.6) is 0 Å². The standard InChI is InChI=1S/C13H19NO3/c1-2-6-10-11(13(15)16)17-12(14-10)9-7-4-3-5-8-9/h9H,2-8H2,1H3,(H,15,16). The fraction of sp³-hybridized carbons (Fsp3) is 0.692. The molecule has 4 nitrogen and oxygen atoms in total. The fourth-order valence-electron chi connectivity index (χ4n) is 2.47. The van der Waals surface area contributed by atoms with E-state index in [4.69, 9.17) is 9.52 Å². The molecule has 1 saturated carbocycles. The molecule has 94 valence electrons. The lowest BCUT2D eigenvalue weighted by Gasteiger charge is -2.17. The molecule has 0 aromatic carbocycles. The number of nitrogens with zero attached hydrogens (tertiary/aromatic N) is 1. The van der Waals surface area contributed by atoms with Crippen molar-refractivity contribution in [1.29, 1.82) is 0 Å². The van der Waals surface area contributed by atoms with Gasteiger partial charge >= 0.3 is 5.97 Å². The lowest BCUT2D eigenvalue weighted by Crippen LogP contribution is -2.04. The van der Waals surface area contributed by atoms with Crippen molar-refractivity contribution in [2.75, 3.05) is 0 Å². The van der Waals surface area contributed by atoms with Crippen molar-refractivity contribution in [3.05, 3.63) is 17.3 Å². The van der Waals surface area contributed by atoms with Gasteiger partial charge in [-0.25, -0.2) is 9.78 Å². The predicted octanol–water partition coefficient (Wildman–Crippen LogP) is 3.37. The number of rotatable bonds is 4. The largest absolute Gasteiger partial charge is 0.475 e. The first kappa shape index (κ1) is 12.1. The summed E-state index contributed by atoms with van der Waals surface area (Å²) in [6.45, 7) is 2.01. The van der Waals surface area contributed by atoms with E-state index in [-0.39, 0.29) is 5.76 Å².